The number of nitrogens with one attached hydrogen (secondary N) is 1. The summed E-state index contributed by atoms with van der Waals surface area (Å²) in [5.74, 6) is 0. The van der Waals surface area contributed by atoms with Gasteiger partial charge in [-0.25, -0.2) is 4.79 Å². The molecule has 0 aromatic rings. The Labute approximate surface area is 98.6 Å². The van der Waals surface area contributed by atoms with Crippen molar-refractivity contribution in [2.45, 2.75) is 40.7 Å². The van der Waals surface area contributed by atoms with E-state index in [2.05, 4.69) is 39.9 Å². The lowest BCUT2D eigenvalue weighted by molar-refractivity contribution is 0.188. The third-order valence-corrected chi connectivity index (χ3v) is 3.20. The van der Waals surface area contributed by atoms with Crippen LogP contribution in [0.2, 0.25) is 0 Å². The van der Waals surface area contributed by atoms with E-state index < -0.39 is 0 Å². The Morgan fingerprint density at radius 1 is 1.38 bits per heavy atom. The van der Waals surface area contributed by atoms with E-state index in [0.29, 0.717) is 6.54 Å². The third kappa shape index (κ3) is 3.11. The van der Waals surface area contributed by atoms with Gasteiger partial charge in [0.05, 0.1) is 6.04 Å². The molecule has 0 radical (unpaired) electrons. The van der Waals surface area contributed by atoms with Gasteiger partial charge in [0.2, 0.25) is 0 Å². The highest BCUT2D eigenvalue weighted by Gasteiger charge is 2.37. The van der Waals surface area contributed by atoms with Crippen molar-refractivity contribution >= 4 is 6.03 Å². The van der Waals surface area contributed by atoms with Crippen LogP contribution in [0, 0.1) is 10.8 Å². The van der Waals surface area contributed by atoms with Gasteiger partial charge in [0.1, 0.15) is 0 Å². The first kappa shape index (κ1) is 13.3. The molecule has 0 bridgehead atoms. The molecule has 0 aromatic carbocycles. The van der Waals surface area contributed by atoms with E-state index in [9.17, 15) is 4.79 Å². The molecular weight excluding hydrogens is 202 g/mol. The van der Waals surface area contributed by atoms with E-state index in [4.69, 9.17) is 5.73 Å². The standard InChI is InChI=1S/C12H25N3O/c1-11(2,3)9-6-15(10(16)14-9)8-12(4,5)7-13/h9H,6-8,13H2,1-5H3,(H,14,16). The lowest BCUT2D eigenvalue weighted by Gasteiger charge is -2.29. The summed E-state index contributed by atoms with van der Waals surface area (Å²) in [6.45, 7) is 12.7. The van der Waals surface area contributed by atoms with Crippen molar-refractivity contribution < 1.29 is 4.79 Å². The topological polar surface area (TPSA) is 58.4 Å². The number of carbonyl (C=O) groups is 1. The van der Waals surface area contributed by atoms with Crippen molar-refractivity contribution in [2.75, 3.05) is 19.6 Å². The molecule has 2 amide bonds. The second-order valence-corrected chi connectivity index (χ2v) is 6.62. The fourth-order valence-corrected chi connectivity index (χ4v) is 1.80. The van der Waals surface area contributed by atoms with Crippen LogP contribution >= 0.6 is 0 Å². The van der Waals surface area contributed by atoms with Crippen molar-refractivity contribution in [3.05, 3.63) is 0 Å². The van der Waals surface area contributed by atoms with Gasteiger partial charge in [-0.1, -0.05) is 34.6 Å². The van der Waals surface area contributed by atoms with Crippen LogP contribution in [0.25, 0.3) is 0 Å². The SMILES string of the molecule is CC(C)(CN)CN1CC(C(C)(C)C)NC1=O. The quantitative estimate of drug-likeness (QED) is 0.766. The molecule has 1 fully saturated rings. The Bertz CT molecular complexity index is 268. The van der Waals surface area contributed by atoms with Crippen molar-refractivity contribution in [2.24, 2.45) is 16.6 Å². The molecule has 3 N–H and O–H groups in total. The molecule has 1 aliphatic heterocycles. The lowest BCUT2D eigenvalue weighted by atomic mass is 9.87. The number of hydrogen-bond donors (Lipinski definition) is 2. The number of urea groups is 1. The van der Waals surface area contributed by atoms with Gasteiger partial charge in [0.25, 0.3) is 0 Å². The third-order valence-electron chi connectivity index (χ3n) is 3.20. The number of carbonyl (C=O) groups excluding carboxylic acids is 1. The minimum absolute atomic E-state index is 0.00981. The maximum absolute atomic E-state index is 11.8. The Balaban J connectivity index is 2.62. The minimum atomic E-state index is -0.00981. The zero-order valence-electron chi connectivity index (χ0n) is 11.1. The summed E-state index contributed by atoms with van der Waals surface area (Å²) in [6, 6.07) is 0.273. The molecule has 1 rings (SSSR count). The summed E-state index contributed by atoms with van der Waals surface area (Å²) in [7, 11) is 0. The minimum Gasteiger partial charge on any atom is -0.333 e. The maximum atomic E-state index is 11.8. The molecule has 0 aromatic heterocycles. The smallest absolute Gasteiger partial charge is 0.317 e. The summed E-state index contributed by atoms with van der Waals surface area (Å²) in [5, 5.41) is 3.04. The highest BCUT2D eigenvalue weighted by atomic mass is 16.2. The zero-order valence-corrected chi connectivity index (χ0v) is 11.1. The average molecular weight is 227 g/mol. The van der Waals surface area contributed by atoms with Crippen molar-refractivity contribution in [1.82, 2.24) is 10.2 Å². The number of hydrogen-bond acceptors (Lipinski definition) is 2. The van der Waals surface area contributed by atoms with Gasteiger partial charge in [-0.2, -0.15) is 0 Å². The lowest BCUT2D eigenvalue weighted by Crippen LogP contribution is -2.40. The van der Waals surface area contributed by atoms with Gasteiger partial charge in [-0.05, 0) is 17.4 Å². The van der Waals surface area contributed by atoms with E-state index in [-0.39, 0.29) is 22.9 Å². The molecule has 0 aliphatic carbocycles. The van der Waals surface area contributed by atoms with Crippen LogP contribution in [0.3, 0.4) is 0 Å². The zero-order chi connectivity index (χ0) is 12.6. The highest BCUT2D eigenvalue weighted by molar-refractivity contribution is 5.77. The van der Waals surface area contributed by atoms with Crippen LogP contribution in [0.15, 0.2) is 0 Å². The van der Waals surface area contributed by atoms with E-state index in [0.717, 1.165) is 13.1 Å². The van der Waals surface area contributed by atoms with Gasteiger partial charge >= 0.3 is 6.03 Å². The van der Waals surface area contributed by atoms with Crippen LogP contribution in [0.1, 0.15) is 34.6 Å². The second kappa shape index (κ2) is 4.24. The van der Waals surface area contributed by atoms with Gasteiger partial charge in [0, 0.05) is 13.1 Å². The average Bonchev–Trinajstić information content (AvgIpc) is 2.47. The molecule has 94 valence electrons. The molecule has 1 aliphatic rings. The number of nitrogens with two attached hydrogens (primary N) is 1. The molecule has 16 heavy (non-hydrogen) atoms. The van der Waals surface area contributed by atoms with Crippen LogP contribution in [0.5, 0.6) is 0 Å². The number of rotatable bonds is 3. The number of nitrogens with zero attached hydrogens (tertiary/aromatic N) is 1. The first-order valence-corrected chi connectivity index (χ1v) is 5.91. The first-order valence-electron chi connectivity index (χ1n) is 5.91. The Kier molecular flexibility index (Phi) is 3.53. The Morgan fingerprint density at radius 3 is 2.31 bits per heavy atom. The van der Waals surface area contributed by atoms with E-state index in [1.54, 1.807) is 0 Å². The molecule has 0 spiro atoms. The molecule has 1 saturated heterocycles. The molecule has 4 nitrogen and oxygen atoms in total. The van der Waals surface area contributed by atoms with E-state index in [1.165, 1.54) is 0 Å². The summed E-state index contributed by atoms with van der Waals surface area (Å²) in [4.78, 5) is 13.7. The van der Waals surface area contributed by atoms with E-state index in [1.807, 2.05) is 4.90 Å². The van der Waals surface area contributed by atoms with E-state index >= 15 is 0 Å². The molecular formula is C12H25N3O. The largest absolute Gasteiger partial charge is 0.333 e. The molecule has 4 heteroatoms. The monoisotopic (exact) mass is 227 g/mol. The predicted octanol–water partition coefficient (Wildman–Crippen LogP) is 1.41. The van der Waals surface area contributed by atoms with Crippen LogP contribution in [0.4, 0.5) is 4.79 Å². The maximum Gasteiger partial charge on any atom is 0.317 e. The second-order valence-electron chi connectivity index (χ2n) is 6.62. The number of amides is 2. The highest BCUT2D eigenvalue weighted by Crippen LogP contribution is 2.25. The van der Waals surface area contributed by atoms with Gasteiger partial charge < -0.3 is 16.0 Å². The van der Waals surface area contributed by atoms with Crippen LogP contribution in [-0.4, -0.2) is 36.6 Å². The Morgan fingerprint density at radius 2 is 1.94 bits per heavy atom. The van der Waals surface area contributed by atoms with Crippen molar-refractivity contribution in [3.8, 4) is 0 Å². The Hall–Kier alpha value is -0.770. The van der Waals surface area contributed by atoms with Gasteiger partial charge in [-0.3, -0.25) is 0 Å². The van der Waals surface area contributed by atoms with Gasteiger partial charge in [-0.15, -0.1) is 0 Å². The molecule has 1 heterocycles. The summed E-state index contributed by atoms with van der Waals surface area (Å²) in [5.41, 5.74) is 5.79. The van der Waals surface area contributed by atoms with Gasteiger partial charge in [0.15, 0.2) is 0 Å². The first-order chi connectivity index (χ1) is 7.15. The normalized spacial score (nSPS) is 22.5. The van der Waals surface area contributed by atoms with Crippen molar-refractivity contribution in [1.29, 1.82) is 0 Å². The summed E-state index contributed by atoms with van der Waals surface area (Å²) >= 11 is 0. The molecule has 0 saturated carbocycles. The van der Waals surface area contributed by atoms with Crippen molar-refractivity contribution in [3.63, 3.8) is 0 Å². The van der Waals surface area contributed by atoms with Crippen LogP contribution < -0.4 is 11.1 Å². The molecule has 1 unspecified atom stereocenters. The molecule has 1 atom stereocenters. The fraction of sp³-hybridized carbons (Fsp3) is 0.917. The fourth-order valence-electron chi connectivity index (χ4n) is 1.80. The van der Waals surface area contributed by atoms with Crippen LogP contribution in [-0.2, 0) is 0 Å². The predicted molar refractivity (Wildman–Crippen MR) is 66.2 cm³/mol. The summed E-state index contributed by atoms with van der Waals surface area (Å²) < 4.78 is 0. The summed E-state index contributed by atoms with van der Waals surface area (Å²) in [6.07, 6.45) is 0.